The van der Waals surface area contributed by atoms with Gasteiger partial charge in [-0.1, -0.05) is 23.9 Å². The lowest BCUT2D eigenvalue weighted by Crippen LogP contribution is -2.60. The summed E-state index contributed by atoms with van der Waals surface area (Å²) in [7, 11) is 1.83. The zero-order valence-electron chi connectivity index (χ0n) is 14.0. The summed E-state index contributed by atoms with van der Waals surface area (Å²) >= 11 is 1.32. The van der Waals surface area contributed by atoms with Crippen molar-refractivity contribution in [3.05, 3.63) is 30.6 Å². The van der Waals surface area contributed by atoms with Gasteiger partial charge >= 0.3 is 0 Å². The van der Waals surface area contributed by atoms with Crippen molar-refractivity contribution in [2.75, 3.05) is 10.2 Å². The van der Waals surface area contributed by atoms with Crippen LogP contribution in [-0.2, 0) is 16.6 Å². The zero-order valence-corrected chi connectivity index (χ0v) is 14.8. The number of amides is 2. The Morgan fingerprint density at radius 2 is 2.04 bits per heavy atom. The van der Waals surface area contributed by atoms with Gasteiger partial charge in [0.1, 0.15) is 11.9 Å². The Morgan fingerprint density at radius 1 is 1.33 bits per heavy atom. The first-order valence-electron chi connectivity index (χ1n) is 7.57. The van der Waals surface area contributed by atoms with E-state index in [0.717, 1.165) is 0 Å². The van der Waals surface area contributed by atoms with Crippen molar-refractivity contribution in [3.8, 4) is 0 Å². The van der Waals surface area contributed by atoms with E-state index < -0.39 is 10.8 Å². The van der Waals surface area contributed by atoms with Gasteiger partial charge in [0, 0.05) is 7.05 Å². The summed E-state index contributed by atoms with van der Waals surface area (Å²) in [5.41, 5.74) is 0.378. The first kappa shape index (κ1) is 16.5. The van der Waals surface area contributed by atoms with Crippen LogP contribution in [0.5, 0.6) is 0 Å². The van der Waals surface area contributed by atoms with Crippen molar-refractivity contribution in [1.82, 2.24) is 14.8 Å². The van der Waals surface area contributed by atoms with Gasteiger partial charge in [-0.05, 0) is 32.9 Å². The van der Waals surface area contributed by atoms with Gasteiger partial charge in [0.25, 0.3) is 0 Å². The Bertz CT molecular complexity index is 801. The molecule has 126 valence electrons. The molecule has 0 saturated heterocycles. The highest BCUT2D eigenvalue weighted by Gasteiger charge is 2.44. The summed E-state index contributed by atoms with van der Waals surface area (Å²) in [5.74, 6) is -0.347. The number of aromatic nitrogens is 3. The standard InChI is InChI=1S/C16H19N5O2S/c1-10(24-15-19-17-9-20(15)4)13(22)21-12-8-6-5-7-11(12)18-14(23)16(21,2)3/h5-10H,1-4H3,(H,18,23)/t10-/m1/s1. The van der Waals surface area contributed by atoms with E-state index in [-0.39, 0.29) is 11.8 Å². The van der Waals surface area contributed by atoms with Gasteiger partial charge in [-0.2, -0.15) is 0 Å². The molecule has 1 aromatic carbocycles. The van der Waals surface area contributed by atoms with Crippen LogP contribution in [0.3, 0.4) is 0 Å². The quantitative estimate of drug-likeness (QED) is 0.861. The van der Waals surface area contributed by atoms with E-state index in [4.69, 9.17) is 0 Å². The molecule has 1 aliphatic heterocycles. The number of carbonyl (C=O) groups is 2. The predicted molar refractivity (Wildman–Crippen MR) is 93.0 cm³/mol. The van der Waals surface area contributed by atoms with Crippen molar-refractivity contribution in [1.29, 1.82) is 0 Å². The van der Waals surface area contributed by atoms with Gasteiger partial charge in [-0.3, -0.25) is 14.5 Å². The van der Waals surface area contributed by atoms with Crippen LogP contribution in [0.15, 0.2) is 35.7 Å². The third-order valence-electron chi connectivity index (χ3n) is 4.03. The van der Waals surface area contributed by atoms with E-state index in [1.54, 1.807) is 35.7 Å². The Morgan fingerprint density at radius 3 is 2.71 bits per heavy atom. The number of nitrogens with one attached hydrogen (secondary N) is 1. The van der Waals surface area contributed by atoms with E-state index in [9.17, 15) is 9.59 Å². The van der Waals surface area contributed by atoms with E-state index >= 15 is 0 Å². The van der Waals surface area contributed by atoms with Crippen LogP contribution in [0.1, 0.15) is 20.8 Å². The van der Waals surface area contributed by atoms with Gasteiger partial charge in [0.2, 0.25) is 11.8 Å². The van der Waals surface area contributed by atoms with Crippen LogP contribution < -0.4 is 10.2 Å². The molecule has 0 unspecified atom stereocenters. The molecule has 8 heteroatoms. The molecule has 1 aliphatic rings. The average molecular weight is 345 g/mol. The number of fused-ring (bicyclic) bond motifs is 1. The molecule has 24 heavy (non-hydrogen) atoms. The third kappa shape index (κ3) is 2.66. The second-order valence-electron chi connectivity index (χ2n) is 6.19. The molecule has 2 heterocycles. The molecule has 1 N–H and O–H groups in total. The predicted octanol–water partition coefficient (Wildman–Crippen LogP) is 2.06. The number of para-hydroxylation sites is 2. The molecule has 0 radical (unpaired) electrons. The maximum atomic E-state index is 13.1. The monoisotopic (exact) mass is 345 g/mol. The molecule has 2 amide bonds. The summed E-state index contributed by atoms with van der Waals surface area (Å²) < 4.78 is 1.76. The number of hydrogen-bond donors (Lipinski definition) is 1. The van der Waals surface area contributed by atoms with E-state index in [1.807, 2.05) is 32.2 Å². The van der Waals surface area contributed by atoms with Gasteiger partial charge < -0.3 is 9.88 Å². The Balaban J connectivity index is 1.95. The Hall–Kier alpha value is -2.35. The molecule has 0 fully saturated rings. The topological polar surface area (TPSA) is 80.1 Å². The first-order chi connectivity index (χ1) is 11.3. The smallest absolute Gasteiger partial charge is 0.250 e. The summed E-state index contributed by atoms with van der Waals surface area (Å²) in [6.07, 6.45) is 1.59. The van der Waals surface area contributed by atoms with Crippen molar-refractivity contribution < 1.29 is 9.59 Å². The lowest BCUT2D eigenvalue weighted by Gasteiger charge is -2.43. The molecule has 0 saturated carbocycles. The lowest BCUT2D eigenvalue weighted by molar-refractivity contribution is -0.126. The molecule has 7 nitrogen and oxygen atoms in total. The molecule has 0 aliphatic carbocycles. The largest absolute Gasteiger partial charge is 0.322 e. The number of carbonyl (C=O) groups excluding carboxylic acids is 2. The Labute approximate surface area is 144 Å². The molecule has 0 bridgehead atoms. The van der Waals surface area contributed by atoms with E-state index in [0.29, 0.717) is 16.5 Å². The van der Waals surface area contributed by atoms with Crippen LogP contribution in [0.25, 0.3) is 0 Å². The second-order valence-corrected chi connectivity index (χ2v) is 7.50. The Kier molecular flexibility index (Phi) is 4.08. The van der Waals surface area contributed by atoms with E-state index in [1.165, 1.54) is 11.8 Å². The highest BCUT2D eigenvalue weighted by molar-refractivity contribution is 8.00. The maximum absolute atomic E-state index is 13.1. The van der Waals surface area contributed by atoms with Gasteiger partial charge in [-0.15, -0.1) is 10.2 Å². The fraction of sp³-hybridized carbons (Fsp3) is 0.375. The van der Waals surface area contributed by atoms with Crippen molar-refractivity contribution in [3.63, 3.8) is 0 Å². The first-order valence-corrected chi connectivity index (χ1v) is 8.45. The number of anilines is 2. The molecule has 2 aromatic rings. The number of rotatable bonds is 3. The van der Waals surface area contributed by atoms with Crippen LogP contribution in [0.2, 0.25) is 0 Å². The van der Waals surface area contributed by atoms with Gasteiger partial charge in [-0.25, -0.2) is 0 Å². The molecule has 0 spiro atoms. The van der Waals surface area contributed by atoms with Crippen LogP contribution >= 0.6 is 11.8 Å². The normalized spacial score (nSPS) is 17.2. The average Bonchev–Trinajstić information content (AvgIpc) is 2.93. The van der Waals surface area contributed by atoms with Gasteiger partial charge in [0.05, 0.1) is 16.6 Å². The van der Waals surface area contributed by atoms with E-state index in [2.05, 4.69) is 15.5 Å². The van der Waals surface area contributed by atoms with Crippen molar-refractivity contribution in [2.45, 2.75) is 36.7 Å². The number of nitrogens with zero attached hydrogens (tertiary/aromatic N) is 4. The summed E-state index contributed by atoms with van der Waals surface area (Å²) in [5, 5.41) is 10.9. The number of benzene rings is 1. The molecule has 1 aromatic heterocycles. The summed E-state index contributed by atoms with van der Waals surface area (Å²) in [6, 6.07) is 7.32. The summed E-state index contributed by atoms with van der Waals surface area (Å²) in [4.78, 5) is 27.2. The summed E-state index contributed by atoms with van der Waals surface area (Å²) in [6.45, 7) is 5.30. The number of hydrogen-bond acceptors (Lipinski definition) is 5. The van der Waals surface area contributed by atoms with Gasteiger partial charge in [0.15, 0.2) is 5.16 Å². The molecular formula is C16H19N5O2S. The minimum atomic E-state index is -0.972. The lowest BCUT2D eigenvalue weighted by atomic mass is 9.96. The third-order valence-corrected chi connectivity index (χ3v) is 5.16. The molecular weight excluding hydrogens is 326 g/mol. The molecule has 1 atom stereocenters. The minimum Gasteiger partial charge on any atom is -0.322 e. The highest BCUT2D eigenvalue weighted by atomic mass is 32.2. The SMILES string of the molecule is C[C@@H](Sc1nncn1C)C(=O)N1c2ccccc2NC(=O)C1(C)C. The fourth-order valence-corrected chi connectivity index (χ4v) is 3.45. The molecule has 3 rings (SSSR count). The van der Waals surface area contributed by atoms with Crippen LogP contribution in [0, 0.1) is 0 Å². The number of aryl methyl sites for hydroxylation is 1. The fourth-order valence-electron chi connectivity index (χ4n) is 2.62. The highest BCUT2D eigenvalue weighted by Crippen LogP contribution is 2.38. The number of thioether (sulfide) groups is 1. The second kappa shape index (κ2) is 5.94. The van der Waals surface area contributed by atoms with Crippen LogP contribution in [-0.4, -0.2) is 37.4 Å². The van der Waals surface area contributed by atoms with Crippen LogP contribution in [0.4, 0.5) is 11.4 Å². The van der Waals surface area contributed by atoms with Crippen molar-refractivity contribution >= 4 is 35.0 Å². The zero-order chi connectivity index (χ0) is 17.5. The minimum absolute atomic E-state index is 0.143. The van der Waals surface area contributed by atoms with Crippen molar-refractivity contribution in [2.24, 2.45) is 7.05 Å². The maximum Gasteiger partial charge on any atom is 0.250 e.